The Morgan fingerprint density at radius 3 is 2.47 bits per heavy atom. The van der Waals surface area contributed by atoms with Crippen molar-refractivity contribution < 1.29 is 4.79 Å². The first-order valence-electron chi connectivity index (χ1n) is 6.32. The number of amides is 1. The predicted molar refractivity (Wildman–Crippen MR) is 76.7 cm³/mol. The van der Waals surface area contributed by atoms with Crippen LogP contribution in [0.5, 0.6) is 0 Å². The summed E-state index contributed by atoms with van der Waals surface area (Å²) in [4.78, 5) is 12.0. The number of carbonyl (C=O) groups excluding carboxylic acids is 1. The smallest absolute Gasteiger partial charge is 0.251 e. The number of hydrogen-bond acceptors (Lipinski definition) is 2. The molecule has 0 bridgehead atoms. The molecule has 3 heteroatoms. The summed E-state index contributed by atoms with van der Waals surface area (Å²) < 4.78 is 0. The van der Waals surface area contributed by atoms with E-state index in [0.717, 1.165) is 11.1 Å². The van der Waals surface area contributed by atoms with E-state index in [9.17, 15) is 4.79 Å². The van der Waals surface area contributed by atoms with Gasteiger partial charge in [0.25, 0.3) is 5.91 Å². The summed E-state index contributed by atoms with van der Waals surface area (Å²) in [5.74, 6) is -0.0647. The summed E-state index contributed by atoms with van der Waals surface area (Å²) in [6.07, 6.45) is 0. The molecule has 0 spiro atoms. The van der Waals surface area contributed by atoms with Crippen molar-refractivity contribution in [1.82, 2.24) is 5.32 Å². The Kier molecular flexibility index (Phi) is 4.31. The first kappa shape index (κ1) is 13.3. The van der Waals surface area contributed by atoms with E-state index < -0.39 is 0 Å². The van der Waals surface area contributed by atoms with E-state index in [2.05, 4.69) is 11.4 Å². The molecule has 2 rings (SSSR count). The Morgan fingerprint density at radius 1 is 1.11 bits per heavy atom. The van der Waals surface area contributed by atoms with Crippen molar-refractivity contribution in [3.05, 3.63) is 70.8 Å². The summed E-state index contributed by atoms with van der Waals surface area (Å²) in [7, 11) is 0. The lowest BCUT2D eigenvalue weighted by molar-refractivity contribution is 0.0951. The first-order valence-corrected chi connectivity index (χ1v) is 6.32. The van der Waals surface area contributed by atoms with Gasteiger partial charge >= 0.3 is 0 Å². The molecular weight excluding hydrogens is 236 g/mol. The summed E-state index contributed by atoms with van der Waals surface area (Å²) >= 11 is 0. The van der Waals surface area contributed by atoms with Gasteiger partial charge in [-0.1, -0.05) is 42.0 Å². The van der Waals surface area contributed by atoms with Crippen LogP contribution in [0.4, 0.5) is 0 Å². The van der Waals surface area contributed by atoms with Gasteiger partial charge in [-0.2, -0.15) is 0 Å². The van der Waals surface area contributed by atoms with Crippen LogP contribution in [0.25, 0.3) is 0 Å². The maximum absolute atomic E-state index is 12.0. The second-order valence-electron chi connectivity index (χ2n) is 4.57. The van der Waals surface area contributed by atoms with Crippen molar-refractivity contribution in [2.45, 2.75) is 20.0 Å². The monoisotopic (exact) mass is 254 g/mol. The van der Waals surface area contributed by atoms with Crippen LogP contribution in [-0.2, 0) is 13.1 Å². The Bertz CT molecular complexity index is 561. The van der Waals surface area contributed by atoms with Crippen molar-refractivity contribution in [1.29, 1.82) is 0 Å². The fourth-order valence-electron chi connectivity index (χ4n) is 1.90. The number of aryl methyl sites for hydroxylation is 1. The van der Waals surface area contributed by atoms with E-state index in [1.54, 1.807) is 12.1 Å². The SMILES string of the molecule is Cc1cccc(CNC(=O)c2ccc(CN)cc2)c1. The molecule has 98 valence electrons. The highest BCUT2D eigenvalue weighted by molar-refractivity contribution is 5.94. The molecular formula is C16H18N2O. The lowest BCUT2D eigenvalue weighted by atomic mass is 10.1. The average molecular weight is 254 g/mol. The summed E-state index contributed by atoms with van der Waals surface area (Å²) in [5.41, 5.74) is 9.50. The molecule has 3 N–H and O–H groups in total. The number of carbonyl (C=O) groups is 1. The molecule has 2 aromatic rings. The Hall–Kier alpha value is -2.13. The van der Waals surface area contributed by atoms with E-state index in [4.69, 9.17) is 5.73 Å². The van der Waals surface area contributed by atoms with Gasteiger partial charge < -0.3 is 11.1 Å². The van der Waals surface area contributed by atoms with Gasteiger partial charge in [0.1, 0.15) is 0 Å². The molecule has 0 unspecified atom stereocenters. The quantitative estimate of drug-likeness (QED) is 0.880. The fraction of sp³-hybridized carbons (Fsp3) is 0.188. The van der Waals surface area contributed by atoms with Crippen LogP contribution in [0.3, 0.4) is 0 Å². The van der Waals surface area contributed by atoms with Gasteiger partial charge in [0.2, 0.25) is 0 Å². The minimum Gasteiger partial charge on any atom is -0.348 e. The molecule has 0 aliphatic carbocycles. The van der Waals surface area contributed by atoms with E-state index in [1.807, 2.05) is 37.3 Å². The normalized spacial score (nSPS) is 10.2. The van der Waals surface area contributed by atoms with Gasteiger partial charge in [-0.3, -0.25) is 4.79 Å². The summed E-state index contributed by atoms with van der Waals surface area (Å²) in [6, 6.07) is 15.5. The number of hydrogen-bond donors (Lipinski definition) is 2. The molecule has 0 radical (unpaired) electrons. The van der Waals surface area contributed by atoms with Crippen molar-refractivity contribution in [3.63, 3.8) is 0 Å². The van der Waals surface area contributed by atoms with E-state index >= 15 is 0 Å². The molecule has 0 fully saturated rings. The van der Waals surface area contributed by atoms with Crippen LogP contribution in [0.1, 0.15) is 27.0 Å². The molecule has 0 heterocycles. The molecule has 0 atom stereocenters. The molecule has 0 aliphatic heterocycles. The lowest BCUT2D eigenvalue weighted by Gasteiger charge is -2.06. The molecule has 0 aromatic heterocycles. The highest BCUT2D eigenvalue weighted by atomic mass is 16.1. The standard InChI is InChI=1S/C16H18N2O/c1-12-3-2-4-14(9-12)11-18-16(19)15-7-5-13(10-17)6-8-15/h2-9H,10-11,17H2,1H3,(H,18,19). The highest BCUT2D eigenvalue weighted by Crippen LogP contribution is 2.06. The zero-order valence-corrected chi connectivity index (χ0v) is 11.0. The van der Waals surface area contributed by atoms with Crippen LogP contribution in [0.2, 0.25) is 0 Å². The van der Waals surface area contributed by atoms with Crippen molar-refractivity contribution in [3.8, 4) is 0 Å². The molecule has 19 heavy (non-hydrogen) atoms. The lowest BCUT2D eigenvalue weighted by Crippen LogP contribution is -2.22. The summed E-state index contributed by atoms with van der Waals surface area (Å²) in [5, 5.41) is 2.91. The molecule has 3 nitrogen and oxygen atoms in total. The first-order chi connectivity index (χ1) is 9.19. The van der Waals surface area contributed by atoms with Gasteiger partial charge in [-0.15, -0.1) is 0 Å². The van der Waals surface area contributed by atoms with Gasteiger partial charge in [0.15, 0.2) is 0 Å². The fourth-order valence-corrected chi connectivity index (χ4v) is 1.90. The third kappa shape index (κ3) is 3.66. The second-order valence-corrected chi connectivity index (χ2v) is 4.57. The third-order valence-electron chi connectivity index (χ3n) is 2.99. The van der Waals surface area contributed by atoms with E-state index in [1.165, 1.54) is 5.56 Å². The van der Waals surface area contributed by atoms with Gasteiger partial charge in [0, 0.05) is 18.7 Å². The maximum Gasteiger partial charge on any atom is 0.251 e. The highest BCUT2D eigenvalue weighted by Gasteiger charge is 2.04. The molecule has 2 aromatic carbocycles. The Labute approximate surface area is 113 Å². The van der Waals surface area contributed by atoms with Gasteiger partial charge in [-0.05, 0) is 30.2 Å². The van der Waals surface area contributed by atoms with E-state index in [0.29, 0.717) is 18.7 Å². The van der Waals surface area contributed by atoms with Gasteiger partial charge in [-0.25, -0.2) is 0 Å². The van der Waals surface area contributed by atoms with Crippen LogP contribution in [0, 0.1) is 6.92 Å². The second kappa shape index (κ2) is 6.16. The number of rotatable bonds is 4. The number of nitrogens with one attached hydrogen (secondary N) is 1. The molecule has 0 saturated heterocycles. The minimum atomic E-state index is -0.0647. The van der Waals surface area contributed by atoms with Crippen LogP contribution >= 0.6 is 0 Å². The van der Waals surface area contributed by atoms with Crippen molar-refractivity contribution >= 4 is 5.91 Å². The summed E-state index contributed by atoms with van der Waals surface area (Å²) in [6.45, 7) is 3.07. The largest absolute Gasteiger partial charge is 0.348 e. The zero-order chi connectivity index (χ0) is 13.7. The van der Waals surface area contributed by atoms with E-state index in [-0.39, 0.29) is 5.91 Å². The number of benzene rings is 2. The topological polar surface area (TPSA) is 55.1 Å². The Morgan fingerprint density at radius 2 is 1.84 bits per heavy atom. The average Bonchev–Trinajstić information content (AvgIpc) is 2.45. The molecule has 1 amide bonds. The van der Waals surface area contributed by atoms with Crippen molar-refractivity contribution in [2.24, 2.45) is 5.73 Å². The minimum absolute atomic E-state index is 0.0647. The Balaban J connectivity index is 1.97. The van der Waals surface area contributed by atoms with Crippen LogP contribution < -0.4 is 11.1 Å². The number of nitrogens with two attached hydrogens (primary N) is 1. The zero-order valence-electron chi connectivity index (χ0n) is 11.0. The van der Waals surface area contributed by atoms with Crippen molar-refractivity contribution in [2.75, 3.05) is 0 Å². The van der Waals surface area contributed by atoms with Gasteiger partial charge in [0.05, 0.1) is 0 Å². The van der Waals surface area contributed by atoms with Crippen LogP contribution in [-0.4, -0.2) is 5.91 Å². The molecule has 0 aliphatic rings. The molecule has 0 saturated carbocycles. The predicted octanol–water partition coefficient (Wildman–Crippen LogP) is 2.38. The third-order valence-corrected chi connectivity index (χ3v) is 2.99. The maximum atomic E-state index is 12.0. The van der Waals surface area contributed by atoms with Crippen LogP contribution in [0.15, 0.2) is 48.5 Å².